The minimum atomic E-state index is -0.370. The molecule has 8 nitrogen and oxygen atoms in total. The fraction of sp³-hybridized carbons (Fsp3) is 0.150. The van der Waals surface area contributed by atoms with E-state index in [2.05, 4.69) is 20.5 Å². The Kier molecular flexibility index (Phi) is 5.19. The molecule has 2 aromatic heterocycles. The van der Waals surface area contributed by atoms with E-state index in [4.69, 9.17) is 4.74 Å². The summed E-state index contributed by atoms with van der Waals surface area (Å²) in [6.07, 6.45) is 4.10. The molecule has 0 unspecified atom stereocenters. The summed E-state index contributed by atoms with van der Waals surface area (Å²) in [6, 6.07) is 18.6. The zero-order valence-electron chi connectivity index (χ0n) is 15.0. The fourth-order valence-corrected chi connectivity index (χ4v) is 2.69. The number of ether oxygens (including phenoxy) is 1. The molecule has 0 aliphatic heterocycles. The zero-order chi connectivity index (χ0) is 19.2. The van der Waals surface area contributed by atoms with Crippen molar-refractivity contribution in [3.63, 3.8) is 0 Å². The van der Waals surface area contributed by atoms with Crippen LogP contribution in [-0.4, -0.2) is 42.6 Å². The van der Waals surface area contributed by atoms with E-state index in [0.29, 0.717) is 24.4 Å². The van der Waals surface area contributed by atoms with Gasteiger partial charge >= 0.3 is 5.97 Å². The van der Waals surface area contributed by atoms with Gasteiger partial charge in [0.2, 0.25) is 5.82 Å². The first-order valence-electron chi connectivity index (χ1n) is 8.90. The van der Waals surface area contributed by atoms with Crippen molar-refractivity contribution in [2.75, 3.05) is 6.61 Å². The van der Waals surface area contributed by atoms with E-state index < -0.39 is 0 Å². The molecule has 0 atom stereocenters. The molecule has 8 heteroatoms. The molecule has 28 heavy (non-hydrogen) atoms. The van der Waals surface area contributed by atoms with Gasteiger partial charge in [0, 0.05) is 24.4 Å². The van der Waals surface area contributed by atoms with Crippen LogP contribution in [0.3, 0.4) is 0 Å². The van der Waals surface area contributed by atoms with Crippen LogP contribution in [0.2, 0.25) is 0 Å². The summed E-state index contributed by atoms with van der Waals surface area (Å²) in [5.41, 5.74) is 2.20. The second-order valence-corrected chi connectivity index (χ2v) is 6.07. The number of tetrazole rings is 1. The summed E-state index contributed by atoms with van der Waals surface area (Å²) in [5, 5.41) is 16.6. The zero-order valence-corrected chi connectivity index (χ0v) is 15.0. The van der Waals surface area contributed by atoms with Gasteiger partial charge in [-0.25, -0.2) is 9.48 Å². The molecule has 4 rings (SSSR count). The van der Waals surface area contributed by atoms with Crippen LogP contribution >= 0.6 is 0 Å². The highest BCUT2D eigenvalue weighted by Gasteiger charge is 2.09. The number of rotatable bonds is 7. The first-order valence-corrected chi connectivity index (χ1v) is 8.90. The van der Waals surface area contributed by atoms with E-state index in [0.717, 1.165) is 11.3 Å². The summed E-state index contributed by atoms with van der Waals surface area (Å²) in [6.45, 7) is 0.785. The predicted molar refractivity (Wildman–Crippen MR) is 102 cm³/mol. The molecule has 0 saturated carbocycles. The number of hydrogen-bond donors (Lipinski definition) is 0. The maximum Gasteiger partial charge on any atom is 0.338 e. The van der Waals surface area contributed by atoms with E-state index in [9.17, 15) is 4.79 Å². The standard InChI is InChI=1S/C20H18N6O2/c27-20(17-9-4-10-18(15-17)25-12-5-11-21-25)28-14-6-13-26-23-19(22-24-26)16-7-2-1-3-8-16/h1-5,7-12,15H,6,13-14H2. The van der Waals surface area contributed by atoms with Crippen molar-refractivity contribution < 1.29 is 9.53 Å². The summed E-state index contributed by atoms with van der Waals surface area (Å²) in [5.74, 6) is 0.207. The lowest BCUT2D eigenvalue weighted by atomic mass is 10.2. The molecule has 4 aromatic rings. The minimum absolute atomic E-state index is 0.271. The smallest absolute Gasteiger partial charge is 0.338 e. The molecule has 2 heterocycles. The van der Waals surface area contributed by atoms with Crippen molar-refractivity contribution in [2.45, 2.75) is 13.0 Å². The second-order valence-electron chi connectivity index (χ2n) is 6.07. The van der Waals surface area contributed by atoms with E-state index >= 15 is 0 Å². The van der Waals surface area contributed by atoms with Crippen molar-refractivity contribution in [2.24, 2.45) is 0 Å². The Balaban J connectivity index is 1.28. The molecule has 0 aliphatic rings. The fourth-order valence-electron chi connectivity index (χ4n) is 2.69. The quantitative estimate of drug-likeness (QED) is 0.365. The molecule has 0 N–H and O–H groups in total. The third-order valence-electron chi connectivity index (χ3n) is 4.07. The molecule has 0 saturated heterocycles. The number of hydrogen-bond acceptors (Lipinski definition) is 6. The lowest BCUT2D eigenvalue weighted by Gasteiger charge is -2.06. The van der Waals surface area contributed by atoms with Crippen LogP contribution in [-0.2, 0) is 11.3 Å². The van der Waals surface area contributed by atoms with Crippen molar-refractivity contribution in [3.8, 4) is 17.1 Å². The second kappa shape index (κ2) is 8.26. The monoisotopic (exact) mass is 374 g/mol. The Morgan fingerprint density at radius 3 is 2.75 bits per heavy atom. The first-order chi connectivity index (χ1) is 13.8. The lowest BCUT2D eigenvalue weighted by molar-refractivity contribution is 0.0493. The Bertz CT molecular complexity index is 1040. The molecular formula is C20H18N6O2. The highest BCUT2D eigenvalue weighted by molar-refractivity contribution is 5.90. The van der Waals surface area contributed by atoms with Gasteiger partial charge in [0.15, 0.2) is 0 Å². The maximum atomic E-state index is 12.3. The van der Waals surface area contributed by atoms with Crippen LogP contribution in [0.4, 0.5) is 0 Å². The number of esters is 1. The van der Waals surface area contributed by atoms with Gasteiger partial charge < -0.3 is 4.74 Å². The van der Waals surface area contributed by atoms with E-state index in [1.54, 1.807) is 29.1 Å². The molecule has 0 amide bonds. The highest BCUT2D eigenvalue weighted by Crippen LogP contribution is 2.12. The first kappa shape index (κ1) is 17.6. The van der Waals surface area contributed by atoms with E-state index in [1.165, 1.54) is 4.80 Å². The van der Waals surface area contributed by atoms with Gasteiger partial charge in [-0.1, -0.05) is 36.4 Å². The van der Waals surface area contributed by atoms with Gasteiger partial charge in [0.1, 0.15) is 0 Å². The number of benzene rings is 2. The van der Waals surface area contributed by atoms with Gasteiger partial charge in [-0.2, -0.15) is 9.90 Å². The number of aryl methyl sites for hydroxylation is 1. The van der Waals surface area contributed by atoms with Crippen molar-refractivity contribution >= 4 is 5.97 Å². The van der Waals surface area contributed by atoms with Gasteiger partial charge in [0.25, 0.3) is 0 Å². The Morgan fingerprint density at radius 1 is 1.04 bits per heavy atom. The normalized spacial score (nSPS) is 10.7. The molecule has 0 fully saturated rings. The Morgan fingerprint density at radius 2 is 1.93 bits per heavy atom. The van der Waals surface area contributed by atoms with Crippen molar-refractivity contribution in [1.29, 1.82) is 0 Å². The number of carbonyl (C=O) groups excluding carboxylic acids is 1. The summed E-state index contributed by atoms with van der Waals surface area (Å²) >= 11 is 0. The Hall–Kier alpha value is -3.81. The highest BCUT2D eigenvalue weighted by atomic mass is 16.5. The Labute approximate surface area is 161 Å². The molecule has 2 aromatic carbocycles. The van der Waals surface area contributed by atoms with Crippen LogP contribution in [0.1, 0.15) is 16.8 Å². The van der Waals surface area contributed by atoms with Crippen LogP contribution in [0, 0.1) is 0 Å². The van der Waals surface area contributed by atoms with Crippen molar-refractivity contribution in [1.82, 2.24) is 30.0 Å². The van der Waals surface area contributed by atoms with E-state index in [-0.39, 0.29) is 12.6 Å². The van der Waals surface area contributed by atoms with Gasteiger partial charge in [-0.05, 0) is 29.5 Å². The minimum Gasteiger partial charge on any atom is -0.462 e. The van der Waals surface area contributed by atoms with Crippen LogP contribution in [0.15, 0.2) is 73.1 Å². The van der Waals surface area contributed by atoms with Crippen LogP contribution in [0.5, 0.6) is 0 Å². The molecule has 140 valence electrons. The van der Waals surface area contributed by atoms with Gasteiger partial charge in [0.05, 0.1) is 24.4 Å². The summed E-state index contributed by atoms with van der Waals surface area (Å²) in [4.78, 5) is 13.8. The lowest BCUT2D eigenvalue weighted by Crippen LogP contribution is -2.10. The molecule has 0 radical (unpaired) electrons. The molecule has 0 spiro atoms. The maximum absolute atomic E-state index is 12.3. The van der Waals surface area contributed by atoms with Crippen LogP contribution < -0.4 is 0 Å². The molecule has 0 aliphatic carbocycles. The average Bonchev–Trinajstić information content (AvgIpc) is 3.44. The van der Waals surface area contributed by atoms with Crippen molar-refractivity contribution in [3.05, 3.63) is 78.6 Å². The van der Waals surface area contributed by atoms with Crippen LogP contribution in [0.25, 0.3) is 17.1 Å². The largest absolute Gasteiger partial charge is 0.462 e. The van der Waals surface area contributed by atoms with E-state index in [1.807, 2.05) is 48.7 Å². The number of carbonyl (C=O) groups is 1. The summed E-state index contributed by atoms with van der Waals surface area (Å²) < 4.78 is 7.05. The third kappa shape index (κ3) is 4.12. The topological polar surface area (TPSA) is 87.7 Å². The number of nitrogens with zero attached hydrogens (tertiary/aromatic N) is 6. The average molecular weight is 374 g/mol. The predicted octanol–water partition coefficient (Wildman–Crippen LogP) is 2.77. The third-order valence-corrected chi connectivity index (χ3v) is 4.07. The van der Waals surface area contributed by atoms with Gasteiger partial charge in [-0.15, -0.1) is 10.2 Å². The number of aromatic nitrogens is 6. The summed E-state index contributed by atoms with van der Waals surface area (Å²) in [7, 11) is 0. The SMILES string of the molecule is O=C(OCCCn1nnc(-c2ccccc2)n1)c1cccc(-n2cccn2)c1. The molecular weight excluding hydrogens is 356 g/mol. The molecule has 0 bridgehead atoms. The van der Waals surface area contributed by atoms with Gasteiger partial charge in [-0.3, -0.25) is 0 Å².